The number of methoxy groups -OCH3 is 1. The van der Waals surface area contributed by atoms with E-state index < -0.39 is 0 Å². The molecule has 1 aliphatic heterocycles. The fourth-order valence-electron chi connectivity index (χ4n) is 1.80. The van der Waals surface area contributed by atoms with Crippen molar-refractivity contribution >= 4 is 6.09 Å². The summed E-state index contributed by atoms with van der Waals surface area (Å²) in [5.74, 6) is 1.29. The van der Waals surface area contributed by atoms with Gasteiger partial charge in [-0.15, -0.1) is 0 Å². The Balaban J connectivity index is 0.000000956. The molecule has 5 nitrogen and oxygen atoms in total. The molecular weight excluding hydrogens is 256 g/mol. The Bertz CT molecular complexity index is 398. The number of likely N-dealkylation sites (N-methyl/N-ethyl adjacent to an activating group) is 1. The van der Waals surface area contributed by atoms with Gasteiger partial charge in [-0.2, -0.15) is 0 Å². The zero-order chi connectivity index (χ0) is 15.0. The van der Waals surface area contributed by atoms with Crippen LogP contribution in [0.3, 0.4) is 0 Å². The lowest BCUT2D eigenvalue weighted by atomic mass is 10.3. The molecular formula is C15H24N2O3. The van der Waals surface area contributed by atoms with Gasteiger partial charge in [0, 0.05) is 26.2 Å². The van der Waals surface area contributed by atoms with Crippen molar-refractivity contribution in [2.45, 2.75) is 13.8 Å². The highest BCUT2D eigenvalue weighted by Gasteiger charge is 2.20. The van der Waals surface area contributed by atoms with Crippen LogP contribution in [0.25, 0.3) is 0 Å². The first-order chi connectivity index (χ1) is 9.69. The van der Waals surface area contributed by atoms with E-state index in [1.807, 2.05) is 20.9 Å². The van der Waals surface area contributed by atoms with Gasteiger partial charge in [0.2, 0.25) is 0 Å². The fourth-order valence-corrected chi connectivity index (χ4v) is 1.80. The second-order valence-electron chi connectivity index (χ2n) is 4.33. The van der Waals surface area contributed by atoms with Gasteiger partial charge in [0.1, 0.15) is 11.5 Å². The first kappa shape index (κ1) is 16.3. The van der Waals surface area contributed by atoms with Crippen LogP contribution in [0.5, 0.6) is 11.5 Å². The summed E-state index contributed by atoms with van der Waals surface area (Å²) in [6, 6.07) is 7.00. The van der Waals surface area contributed by atoms with Crippen LogP contribution in [0.4, 0.5) is 4.79 Å². The smallest absolute Gasteiger partial charge is 0.415 e. The third-order valence-corrected chi connectivity index (χ3v) is 3.03. The average Bonchev–Trinajstić information content (AvgIpc) is 2.50. The summed E-state index contributed by atoms with van der Waals surface area (Å²) in [6.07, 6.45) is -0.284. The minimum absolute atomic E-state index is 0.284. The molecule has 0 unspecified atom stereocenters. The Kier molecular flexibility index (Phi) is 6.87. The quantitative estimate of drug-likeness (QED) is 0.834. The number of nitrogens with zero attached hydrogens (tertiary/aromatic N) is 2. The molecule has 0 aliphatic carbocycles. The van der Waals surface area contributed by atoms with E-state index >= 15 is 0 Å². The number of carbonyl (C=O) groups is 1. The first-order valence-electron chi connectivity index (χ1n) is 6.98. The second-order valence-corrected chi connectivity index (χ2v) is 4.33. The molecule has 20 heavy (non-hydrogen) atoms. The lowest BCUT2D eigenvalue weighted by Crippen LogP contribution is -2.48. The number of hydrogen-bond donors (Lipinski definition) is 0. The molecule has 1 fully saturated rings. The normalized spacial score (nSPS) is 15.1. The molecule has 0 radical (unpaired) electrons. The van der Waals surface area contributed by atoms with E-state index in [0.29, 0.717) is 18.8 Å². The van der Waals surface area contributed by atoms with Crippen molar-refractivity contribution in [1.82, 2.24) is 9.80 Å². The predicted octanol–water partition coefficient (Wildman–Crippen LogP) is 2.47. The fraction of sp³-hybridized carbons (Fsp3) is 0.533. The van der Waals surface area contributed by atoms with E-state index in [4.69, 9.17) is 9.47 Å². The van der Waals surface area contributed by atoms with Gasteiger partial charge < -0.3 is 19.3 Å². The number of rotatable bonds is 2. The van der Waals surface area contributed by atoms with Gasteiger partial charge in [0.05, 0.1) is 7.11 Å². The van der Waals surface area contributed by atoms with Gasteiger partial charge in [-0.3, -0.25) is 0 Å². The second kappa shape index (κ2) is 8.43. The first-order valence-corrected chi connectivity index (χ1v) is 6.98. The number of hydrogen-bond acceptors (Lipinski definition) is 4. The number of ether oxygens (including phenoxy) is 2. The van der Waals surface area contributed by atoms with Crippen molar-refractivity contribution in [1.29, 1.82) is 0 Å². The molecule has 0 saturated carbocycles. The summed E-state index contributed by atoms with van der Waals surface area (Å²) < 4.78 is 10.3. The van der Waals surface area contributed by atoms with Gasteiger partial charge in [0.25, 0.3) is 0 Å². The molecule has 0 bridgehead atoms. The Morgan fingerprint density at radius 3 is 2.00 bits per heavy atom. The van der Waals surface area contributed by atoms with Crippen LogP contribution in [-0.2, 0) is 0 Å². The third kappa shape index (κ3) is 4.74. The lowest BCUT2D eigenvalue weighted by Gasteiger charge is -2.31. The number of carbonyl (C=O) groups excluding carboxylic acids is 1. The van der Waals surface area contributed by atoms with Crippen LogP contribution in [0.1, 0.15) is 13.8 Å². The van der Waals surface area contributed by atoms with Crippen LogP contribution in [-0.4, -0.2) is 56.2 Å². The van der Waals surface area contributed by atoms with Gasteiger partial charge >= 0.3 is 6.09 Å². The predicted molar refractivity (Wildman–Crippen MR) is 79.4 cm³/mol. The summed E-state index contributed by atoms with van der Waals surface area (Å²) in [7, 11) is 3.65. The average molecular weight is 280 g/mol. The summed E-state index contributed by atoms with van der Waals surface area (Å²) in [5, 5.41) is 0. The molecule has 1 heterocycles. The molecule has 0 spiro atoms. The van der Waals surface area contributed by atoms with Crippen LogP contribution < -0.4 is 9.47 Å². The zero-order valence-corrected chi connectivity index (χ0v) is 12.8. The zero-order valence-electron chi connectivity index (χ0n) is 12.8. The molecule has 0 atom stereocenters. The molecule has 1 aromatic rings. The largest absolute Gasteiger partial charge is 0.497 e. The lowest BCUT2D eigenvalue weighted by molar-refractivity contribution is 0.120. The van der Waals surface area contributed by atoms with Crippen LogP contribution >= 0.6 is 0 Å². The van der Waals surface area contributed by atoms with E-state index in [2.05, 4.69) is 4.90 Å². The van der Waals surface area contributed by atoms with Crippen molar-refractivity contribution in [2.24, 2.45) is 0 Å². The van der Waals surface area contributed by atoms with Crippen molar-refractivity contribution in [3.8, 4) is 11.5 Å². The Labute approximate surface area is 121 Å². The minimum atomic E-state index is -0.284. The van der Waals surface area contributed by atoms with Gasteiger partial charge in [-0.1, -0.05) is 13.8 Å². The maximum Gasteiger partial charge on any atom is 0.415 e. The Morgan fingerprint density at radius 1 is 1.00 bits per heavy atom. The molecule has 5 heteroatoms. The molecule has 1 amide bonds. The molecule has 2 rings (SSSR count). The highest BCUT2D eigenvalue weighted by atomic mass is 16.6. The molecule has 0 N–H and O–H groups in total. The van der Waals surface area contributed by atoms with E-state index in [9.17, 15) is 4.79 Å². The summed E-state index contributed by atoms with van der Waals surface area (Å²) in [6.45, 7) is 7.20. The Hall–Kier alpha value is -1.75. The molecule has 1 aliphatic rings. The number of amides is 1. The number of benzene rings is 1. The van der Waals surface area contributed by atoms with E-state index in [1.165, 1.54) is 0 Å². The third-order valence-electron chi connectivity index (χ3n) is 3.03. The van der Waals surface area contributed by atoms with Crippen LogP contribution in [0.15, 0.2) is 24.3 Å². The molecule has 1 saturated heterocycles. The van der Waals surface area contributed by atoms with Gasteiger partial charge in [-0.05, 0) is 31.3 Å². The van der Waals surface area contributed by atoms with Crippen LogP contribution in [0.2, 0.25) is 0 Å². The summed E-state index contributed by atoms with van der Waals surface area (Å²) in [4.78, 5) is 15.8. The molecule has 112 valence electrons. The van der Waals surface area contributed by atoms with Crippen molar-refractivity contribution in [3.05, 3.63) is 24.3 Å². The molecule has 1 aromatic carbocycles. The molecule has 0 aromatic heterocycles. The number of piperazine rings is 1. The summed E-state index contributed by atoms with van der Waals surface area (Å²) in [5.41, 5.74) is 0. The SMILES string of the molecule is CC.COc1ccc(OC(=O)N2CCN(C)CC2)cc1. The highest BCUT2D eigenvalue weighted by molar-refractivity contribution is 5.70. The van der Waals surface area contributed by atoms with Crippen molar-refractivity contribution in [2.75, 3.05) is 40.3 Å². The standard InChI is InChI=1S/C13H18N2O3.C2H6/c1-14-7-9-15(10-8-14)13(16)18-12-5-3-11(17-2)4-6-12;1-2/h3-6H,7-10H2,1-2H3;1-2H3. The van der Waals surface area contributed by atoms with Crippen LogP contribution in [0, 0.1) is 0 Å². The monoisotopic (exact) mass is 280 g/mol. The highest BCUT2D eigenvalue weighted by Crippen LogP contribution is 2.18. The van der Waals surface area contributed by atoms with Crippen molar-refractivity contribution < 1.29 is 14.3 Å². The maximum absolute atomic E-state index is 11.9. The topological polar surface area (TPSA) is 42.0 Å². The van der Waals surface area contributed by atoms with Crippen molar-refractivity contribution in [3.63, 3.8) is 0 Å². The van der Waals surface area contributed by atoms with E-state index in [-0.39, 0.29) is 6.09 Å². The van der Waals surface area contributed by atoms with E-state index in [0.717, 1.165) is 18.8 Å². The van der Waals surface area contributed by atoms with Gasteiger partial charge in [0.15, 0.2) is 0 Å². The summed E-state index contributed by atoms with van der Waals surface area (Å²) >= 11 is 0. The van der Waals surface area contributed by atoms with E-state index in [1.54, 1.807) is 36.3 Å². The maximum atomic E-state index is 11.9. The Morgan fingerprint density at radius 2 is 1.50 bits per heavy atom. The van der Waals surface area contributed by atoms with Gasteiger partial charge in [-0.25, -0.2) is 4.79 Å². The minimum Gasteiger partial charge on any atom is -0.497 e.